The van der Waals surface area contributed by atoms with Gasteiger partial charge in [0.2, 0.25) is 0 Å². The lowest BCUT2D eigenvalue weighted by molar-refractivity contribution is -0.140. The van der Waals surface area contributed by atoms with Crippen LogP contribution in [0, 0.1) is 6.92 Å². The number of likely N-dealkylation sites (tertiary alicyclic amines) is 1. The summed E-state index contributed by atoms with van der Waals surface area (Å²) in [5.74, 6) is -0.0781. The highest BCUT2D eigenvalue weighted by Gasteiger charge is 2.45. The molecule has 0 aromatic heterocycles. The highest BCUT2D eigenvalue weighted by atomic mass is 16.5. The van der Waals surface area contributed by atoms with Gasteiger partial charge < -0.3 is 24.2 Å². The summed E-state index contributed by atoms with van der Waals surface area (Å²) in [7, 11) is 1.59. The third-order valence-corrected chi connectivity index (χ3v) is 5.87. The van der Waals surface area contributed by atoms with Gasteiger partial charge in [-0.1, -0.05) is 26.0 Å². The van der Waals surface area contributed by atoms with Gasteiger partial charge in [0.15, 0.2) is 0 Å². The first kappa shape index (κ1) is 26.3. The zero-order valence-electron chi connectivity index (χ0n) is 21.0. The molecule has 3 rings (SSSR count). The van der Waals surface area contributed by atoms with Crippen molar-refractivity contribution in [2.75, 3.05) is 33.5 Å². The molecule has 1 heterocycles. The van der Waals surface area contributed by atoms with Crippen LogP contribution in [0.3, 0.4) is 0 Å². The Morgan fingerprint density at radius 2 is 1.66 bits per heavy atom. The average Bonchev–Trinajstić information content (AvgIpc) is 3.11. The molecule has 0 radical (unpaired) electrons. The molecule has 0 spiro atoms. The Balaban J connectivity index is 2.03. The molecule has 7 nitrogen and oxygen atoms in total. The molecule has 0 saturated carbocycles. The number of aryl methyl sites for hydroxylation is 1. The van der Waals surface area contributed by atoms with Crippen LogP contribution < -0.4 is 9.47 Å². The minimum atomic E-state index is -0.705. The van der Waals surface area contributed by atoms with Crippen molar-refractivity contribution in [3.8, 4) is 11.5 Å². The number of methoxy groups -OCH3 is 1. The van der Waals surface area contributed by atoms with E-state index in [1.54, 1.807) is 25.3 Å². The Labute approximate surface area is 207 Å². The second-order valence-corrected chi connectivity index (χ2v) is 8.59. The van der Waals surface area contributed by atoms with E-state index in [2.05, 4.69) is 0 Å². The molecule has 1 amide bonds. The van der Waals surface area contributed by atoms with E-state index in [4.69, 9.17) is 14.2 Å². The fourth-order valence-corrected chi connectivity index (χ4v) is 4.13. The third kappa shape index (κ3) is 6.03. The maximum Gasteiger partial charge on any atom is 0.295 e. The van der Waals surface area contributed by atoms with Crippen molar-refractivity contribution in [3.63, 3.8) is 0 Å². The normalized spacial score (nSPS) is 17.1. The van der Waals surface area contributed by atoms with Crippen molar-refractivity contribution in [3.05, 3.63) is 64.7 Å². The number of ether oxygens (including phenoxy) is 3. The molecule has 1 saturated heterocycles. The summed E-state index contributed by atoms with van der Waals surface area (Å²) in [6, 6.07) is 11.9. The van der Waals surface area contributed by atoms with Crippen molar-refractivity contribution in [1.29, 1.82) is 0 Å². The van der Waals surface area contributed by atoms with E-state index in [1.807, 2.05) is 45.0 Å². The van der Waals surface area contributed by atoms with E-state index in [1.165, 1.54) is 4.90 Å². The second-order valence-electron chi connectivity index (χ2n) is 8.59. The maximum atomic E-state index is 13.2. The van der Waals surface area contributed by atoms with E-state index in [0.717, 1.165) is 29.7 Å². The summed E-state index contributed by atoms with van der Waals surface area (Å²) in [6.45, 7) is 7.94. The van der Waals surface area contributed by atoms with Gasteiger partial charge in [-0.25, -0.2) is 0 Å². The molecule has 0 bridgehead atoms. The Kier molecular flexibility index (Phi) is 9.32. The number of aliphatic hydroxyl groups is 1. The summed E-state index contributed by atoms with van der Waals surface area (Å²) in [4.78, 5) is 27.7. The van der Waals surface area contributed by atoms with Crippen LogP contribution in [0.1, 0.15) is 55.8 Å². The van der Waals surface area contributed by atoms with Gasteiger partial charge in [-0.05, 0) is 67.6 Å². The van der Waals surface area contributed by atoms with Crippen LogP contribution in [0.5, 0.6) is 11.5 Å². The first-order valence-corrected chi connectivity index (χ1v) is 12.2. The monoisotopic (exact) mass is 481 g/mol. The number of benzene rings is 2. The van der Waals surface area contributed by atoms with E-state index in [0.29, 0.717) is 44.1 Å². The molecule has 0 unspecified atom stereocenters. The minimum absolute atomic E-state index is 0.0799. The maximum absolute atomic E-state index is 13.2. The van der Waals surface area contributed by atoms with Crippen LogP contribution in [0.15, 0.2) is 48.0 Å². The van der Waals surface area contributed by atoms with Gasteiger partial charge in [0.25, 0.3) is 11.7 Å². The van der Waals surface area contributed by atoms with E-state index < -0.39 is 17.7 Å². The Hall–Kier alpha value is -3.32. The van der Waals surface area contributed by atoms with Crippen LogP contribution >= 0.6 is 0 Å². The fourth-order valence-electron chi connectivity index (χ4n) is 4.13. The molecule has 188 valence electrons. The lowest BCUT2D eigenvalue weighted by Crippen LogP contribution is -2.31. The number of ketones is 1. The van der Waals surface area contributed by atoms with Crippen LogP contribution in [-0.2, 0) is 14.3 Å². The number of hydrogen-bond acceptors (Lipinski definition) is 6. The number of amides is 1. The molecule has 2 aromatic carbocycles. The number of rotatable bonds is 12. The van der Waals surface area contributed by atoms with E-state index >= 15 is 0 Å². The minimum Gasteiger partial charge on any atom is -0.507 e. The van der Waals surface area contributed by atoms with Crippen molar-refractivity contribution < 1.29 is 28.9 Å². The molecular weight excluding hydrogens is 446 g/mol. The second kappa shape index (κ2) is 12.4. The van der Waals surface area contributed by atoms with Crippen molar-refractivity contribution in [2.24, 2.45) is 0 Å². The highest BCUT2D eigenvalue weighted by molar-refractivity contribution is 6.46. The first-order chi connectivity index (χ1) is 16.9. The lowest BCUT2D eigenvalue weighted by Gasteiger charge is -2.25. The topological polar surface area (TPSA) is 85.3 Å². The molecule has 1 aliphatic heterocycles. The van der Waals surface area contributed by atoms with Crippen LogP contribution in [0.2, 0.25) is 0 Å². The summed E-state index contributed by atoms with van der Waals surface area (Å²) in [5.41, 5.74) is 2.11. The molecule has 1 fully saturated rings. The van der Waals surface area contributed by atoms with Crippen LogP contribution in [-0.4, -0.2) is 55.2 Å². The average molecular weight is 482 g/mol. The molecule has 2 aromatic rings. The van der Waals surface area contributed by atoms with Crippen LogP contribution in [0.4, 0.5) is 0 Å². The molecular formula is C28H35NO6. The van der Waals surface area contributed by atoms with Gasteiger partial charge in [-0.2, -0.15) is 0 Å². The van der Waals surface area contributed by atoms with Gasteiger partial charge in [0, 0.05) is 25.8 Å². The lowest BCUT2D eigenvalue weighted by atomic mass is 9.94. The molecule has 35 heavy (non-hydrogen) atoms. The molecule has 0 aliphatic carbocycles. The SMILES string of the molecule is CCCOc1ccc([C@@H]2C(=C(O)c3ccc(OCCC)c(C)c3)C(=O)C(=O)N2CCCOC)cc1. The van der Waals surface area contributed by atoms with Crippen molar-refractivity contribution >= 4 is 17.4 Å². The summed E-state index contributed by atoms with van der Waals surface area (Å²) < 4.78 is 16.6. The van der Waals surface area contributed by atoms with Crippen molar-refractivity contribution in [2.45, 2.75) is 46.1 Å². The summed E-state index contributed by atoms with van der Waals surface area (Å²) >= 11 is 0. The highest BCUT2D eigenvalue weighted by Crippen LogP contribution is 2.40. The predicted molar refractivity (Wildman–Crippen MR) is 135 cm³/mol. The van der Waals surface area contributed by atoms with E-state index in [9.17, 15) is 14.7 Å². The van der Waals surface area contributed by atoms with Gasteiger partial charge >= 0.3 is 0 Å². The number of Topliss-reactive ketones (excluding diaryl/α,β-unsaturated/α-hetero) is 1. The Bertz CT molecular complexity index is 1060. The van der Waals surface area contributed by atoms with Crippen molar-refractivity contribution in [1.82, 2.24) is 4.90 Å². The fraction of sp³-hybridized carbons (Fsp3) is 0.429. The van der Waals surface area contributed by atoms with E-state index in [-0.39, 0.29) is 11.3 Å². The zero-order valence-corrected chi connectivity index (χ0v) is 21.0. The number of nitrogens with zero attached hydrogens (tertiary/aromatic N) is 1. The summed E-state index contributed by atoms with van der Waals surface area (Å²) in [5, 5.41) is 11.3. The van der Waals surface area contributed by atoms with Gasteiger partial charge in [-0.15, -0.1) is 0 Å². The smallest absolute Gasteiger partial charge is 0.295 e. The summed E-state index contributed by atoms with van der Waals surface area (Å²) in [6.07, 6.45) is 2.35. The molecule has 1 atom stereocenters. The first-order valence-electron chi connectivity index (χ1n) is 12.2. The number of carbonyl (C=O) groups is 2. The van der Waals surface area contributed by atoms with Gasteiger partial charge in [0.1, 0.15) is 17.3 Å². The Morgan fingerprint density at radius 1 is 0.971 bits per heavy atom. The molecule has 7 heteroatoms. The zero-order chi connectivity index (χ0) is 25.4. The number of hydrogen-bond donors (Lipinski definition) is 1. The molecule has 1 N–H and O–H groups in total. The largest absolute Gasteiger partial charge is 0.507 e. The quantitative estimate of drug-likeness (QED) is 0.198. The third-order valence-electron chi connectivity index (χ3n) is 5.87. The van der Waals surface area contributed by atoms with Gasteiger partial charge in [0.05, 0.1) is 24.8 Å². The molecule has 1 aliphatic rings. The standard InChI is InChI=1S/C28H35NO6/c1-5-15-34-22-11-8-20(9-12-22)25-24(27(31)28(32)29(25)14-7-17-33-4)26(30)21-10-13-23(19(3)18-21)35-16-6-2/h8-13,18,25,30H,5-7,14-17H2,1-4H3/t25-/m1/s1. The predicted octanol–water partition coefficient (Wildman–Crippen LogP) is 5.03. The number of carbonyl (C=O) groups excluding carboxylic acids is 2. The number of aliphatic hydroxyl groups excluding tert-OH is 1. The van der Waals surface area contributed by atoms with Crippen LogP contribution in [0.25, 0.3) is 5.76 Å². The van der Waals surface area contributed by atoms with Gasteiger partial charge in [-0.3, -0.25) is 9.59 Å². The Morgan fingerprint density at radius 3 is 2.29 bits per heavy atom.